The van der Waals surface area contributed by atoms with Crippen molar-refractivity contribution in [1.82, 2.24) is 14.9 Å². The maximum Gasteiger partial charge on any atom is 0.406 e. The van der Waals surface area contributed by atoms with Gasteiger partial charge in [0.05, 0.1) is 16.2 Å². The van der Waals surface area contributed by atoms with E-state index in [1.807, 2.05) is 0 Å². The van der Waals surface area contributed by atoms with E-state index in [0.717, 1.165) is 6.08 Å². The predicted molar refractivity (Wildman–Crippen MR) is 131 cm³/mol. The highest BCUT2D eigenvalue weighted by Crippen LogP contribution is 2.44. The first-order chi connectivity index (χ1) is 17.0. The fourth-order valence-corrected chi connectivity index (χ4v) is 4.26. The molecule has 0 radical (unpaired) electrons. The quantitative estimate of drug-likeness (QED) is 0.268. The van der Waals surface area contributed by atoms with E-state index in [-0.39, 0.29) is 53.8 Å². The van der Waals surface area contributed by atoms with Crippen molar-refractivity contribution in [2.24, 2.45) is 5.41 Å². The minimum absolute atomic E-state index is 0.0764. The number of carbonyl (C=O) groups excluding carboxylic acids is 1. The Kier molecular flexibility index (Phi) is 7.03. The van der Waals surface area contributed by atoms with E-state index in [4.69, 9.17) is 11.6 Å². The van der Waals surface area contributed by atoms with E-state index in [0.29, 0.717) is 16.5 Å². The number of aromatic nitrogens is 2. The number of hydrogen-bond acceptors (Lipinski definition) is 5. The van der Waals surface area contributed by atoms with Crippen LogP contribution in [0.2, 0.25) is 5.02 Å². The Hall–Kier alpha value is -3.48. The minimum Gasteiger partial charge on any atom is -0.337 e. The molecule has 10 heteroatoms. The maximum absolute atomic E-state index is 14.4. The van der Waals surface area contributed by atoms with Gasteiger partial charge in [0.1, 0.15) is 17.6 Å². The number of ketones is 1. The van der Waals surface area contributed by atoms with Gasteiger partial charge in [0.25, 0.3) is 0 Å². The third-order valence-electron chi connectivity index (χ3n) is 6.10. The average Bonchev–Trinajstić information content (AvgIpc) is 3.23. The standard InChI is InChI=1S/C26H21ClF4N4O/c1-3-18(36)11-17-12-19-22(32-15-33-24(19)34-21-6-4-5-20(27)23(21)28)13-16(17)7-8-25(26(29,30)31)9-10-35(2)14-25/h3-6,12-13,15H,1,9-11,14H2,2H3,(H,32,33,34). The van der Waals surface area contributed by atoms with E-state index in [9.17, 15) is 22.4 Å². The summed E-state index contributed by atoms with van der Waals surface area (Å²) in [6, 6.07) is 7.53. The van der Waals surface area contributed by atoms with Crippen LogP contribution in [0.15, 0.2) is 49.3 Å². The molecule has 1 aromatic heterocycles. The molecule has 1 fully saturated rings. The van der Waals surface area contributed by atoms with Crippen LogP contribution in [0, 0.1) is 23.1 Å². The third-order valence-corrected chi connectivity index (χ3v) is 6.39. The summed E-state index contributed by atoms with van der Waals surface area (Å²) in [6.07, 6.45) is -2.42. The molecule has 1 N–H and O–H groups in total. The number of allylic oxidation sites excluding steroid dienone is 1. The van der Waals surface area contributed by atoms with Gasteiger partial charge in [0.15, 0.2) is 11.6 Å². The van der Waals surface area contributed by atoms with Crippen LogP contribution >= 0.6 is 11.6 Å². The second-order valence-corrected chi connectivity index (χ2v) is 9.05. The van der Waals surface area contributed by atoms with Crippen LogP contribution in [0.3, 0.4) is 0 Å². The predicted octanol–water partition coefficient (Wildman–Crippen LogP) is 5.70. The number of carbonyl (C=O) groups is 1. The molecule has 186 valence electrons. The molecule has 3 aromatic rings. The molecule has 2 aromatic carbocycles. The number of halogens is 5. The van der Waals surface area contributed by atoms with Crippen molar-refractivity contribution in [2.45, 2.75) is 19.0 Å². The molecule has 0 saturated carbocycles. The topological polar surface area (TPSA) is 58.1 Å². The molecule has 36 heavy (non-hydrogen) atoms. The summed E-state index contributed by atoms with van der Waals surface area (Å²) in [7, 11) is 1.62. The van der Waals surface area contributed by atoms with Gasteiger partial charge in [0, 0.05) is 23.9 Å². The Morgan fingerprint density at radius 2 is 2.11 bits per heavy atom. The first-order valence-corrected chi connectivity index (χ1v) is 11.3. The number of benzene rings is 2. The zero-order chi connectivity index (χ0) is 26.1. The molecule has 0 aliphatic carbocycles. The van der Waals surface area contributed by atoms with Crippen molar-refractivity contribution in [3.05, 3.63) is 71.3 Å². The van der Waals surface area contributed by atoms with Gasteiger partial charge in [-0.2, -0.15) is 13.2 Å². The van der Waals surface area contributed by atoms with Crippen molar-refractivity contribution in [1.29, 1.82) is 0 Å². The number of rotatable bonds is 5. The molecule has 0 bridgehead atoms. The van der Waals surface area contributed by atoms with Crippen LogP contribution in [0.1, 0.15) is 17.5 Å². The normalized spacial score (nSPS) is 18.1. The summed E-state index contributed by atoms with van der Waals surface area (Å²) >= 11 is 5.87. The maximum atomic E-state index is 14.4. The van der Waals surface area contributed by atoms with Crippen LogP contribution < -0.4 is 5.32 Å². The lowest BCUT2D eigenvalue weighted by Gasteiger charge is -2.26. The van der Waals surface area contributed by atoms with Gasteiger partial charge in [-0.1, -0.05) is 36.1 Å². The zero-order valence-electron chi connectivity index (χ0n) is 19.2. The lowest BCUT2D eigenvalue weighted by Crippen LogP contribution is -2.39. The van der Waals surface area contributed by atoms with E-state index in [1.54, 1.807) is 24.1 Å². The Labute approximate surface area is 210 Å². The summed E-state index contributed by atoms with van der Waals surface area (Å²) in [5, 5.41) is 3.22. The number of nitrogens with one attached hydrogen (secondary N) is 1. The third kappa shape index (κ3) is 5.06. The first-order valence-electron chi connectivity index (χ1n) is 11.0. The highest BCUT2D eigenvalue weighted by atomic mass is 35.5. The summed E-state index contributed by atoms with van der Waals surface area (Å²) < 4.78 is 56.3. The number of nitrogens with zero attached hydrogens (tertiary/aromatic N) is 3. The lowest BCUT2D eigenvalue weighted by molar-refractivity contribution is -0.197. The number of likely N-dealkylation sites (tertiary alicyclic amines) is 1. The van der Waals surface area contributed by atoms with Gasteiger partial charge in [-0.25, -0.2) is 14.4 Å². The first kappa shape index (κ1) is 25.6. The molecular formula is C26H21ClF4N4O. The largest absolute Gasteiger partial charge is 0.406 e. The zero-order valence-corrected chi connectivity index (χ0v) is 20.0. The van der Waals surface area contributed by atoms with E-state index < -0.39 is 17.4 Å². The number of anilines is 2. The summed E-state index contributed by atoms with van der Waals surface area (Å²) in [4.78, 5) is 22.2. The minimum atomic E-state index is -4.51. The Morgan fingerprint density at radius 1 is 1.33 bits per heavy atom. The van der Waals surface area contributed by atoms with Crippen molar-refractivity contribution >= 4 is 39.8 Å². The van der Waals surface area contributed by atoms with Crippen molar-refractivity contribution in [2.75, 3.05) is 25.5 Å². The van der Waals surface area contributed by atoms with Gasteiger partial charge >= 0.3 is 6.18 Å². The van der Waals surface area contributed by atoms with Gasteiger partial charge < -0.3 is 10.2 Å². The van der Waals surface area contributed by atoms with Crippen LogP contribution in [0.25, 0.3) is 10.9 Å². The van der Waals surface area contributed by atoms with Gasteiger partial charge in [-0.3, -0.25) is 4.79 Å². The molecule has 2 heterocycles. The van der Waals surface area contributed by atoms with Gasteiger partial charge in [0.2, 0.25) is 0 Å². The fourth-order valence-electron chi connectivity index (χ4n) is 4.09. The second kappa shape index (κ2) is 9.88. The van der Waals surface area contributed by atoms with Crippen LogP contribution in [-0.4, -0.2) is 47.0 Å². The summed E-state index contributed by atoms with van der Waals surface area (Å²) in [5.41, 5.74) is -1.10. The monoisotopic (exact) mass is 516 g/mol. The SMILES string of the molecule is C=CC(=O)Cc1cc2c(Nc3cccc(Cl)c3F)ncnc2cc1C#CC1(C(F)(F)F)CCN(C)C1. The van der Waals surface area contributed by atoms with Gasteiger partial charge in [-0.05, 0) is 55.9 Å². The lowest BCUT2D eigenvalue weighted by atomic mass is 9.86. The Bertz CT molecular complexity index is 1410. The van der Waals surface area contributed by atoms with Crippen LogP contribution in [-0.2, 0) is 11.2 Å². The molecule has 0 spiro atoms. The molecule has 1 aliphatic rings. The molecule has 1 unspecified atom stereocenters. The Balaban J connectivity index is 1.84. The molecule has 1 saturated heterocycles. The van der Waals surface area contributed by atoms with E-state index in [2.05, 4.69) is 33.7 Å². The highest BCUT2D eigenvalue weighted by molar-refractivity contribution is 6.31. The Morgan fingerprint density at radius 3 is 2.78 bits per heavy atom. The number of alkyl halides is 3. The van der Waals surface area contributed by atoms with Crippen LogP contribution in [0.5, 0.6) is 0 Å². The average molecular weight is 517 g/mol. The number of hydrogen-bond donors (Lipinski definition) is 1. The van der Waals surface area contributed by atoms with Gasteiger partial charge in [-0.15, -0.1) is 0 Å². The molecular weight excluding hydrogens is 496 g/mol. The van der Waals surface area contributed by atoms with Crippen molar-refractivity contribution in [3.8, 4) is 11.8 Å². The van der Waals surface area contributed by atoms with Crippen LogP contribution in [0.4, 0.5) is 29.1 Å². The smallest absolute Gasteiger partial charge is 0.337 e. The molecule has 1 atom stereocenters. The van der Waals surface area contributed by atoms with E-state index in [1.165, 1.54) is 24.5 Å². The van der Waals surface area contributed by atoms with Crippen molar-refractivity contribution < 1.29 is 22.4 Å². The number of fused-ring (bicyclic) bond motifs is 1. The molecule has 0 amide bonds. The summed E-state index contributed by atoms with van der Waals surface area (Å²) in [5.74, 6) is 4.38. The second-order valence-electron chi connectivity index (χ2n) is 8.64. The highest BCUT2D eigenvalue weighted by Gasteiger charge is 2.56. The molecule has 1 aliphatic heterocycles. The van der Waals surface area contributed by atoms with E-state index >= 15 is 0 Å². The molecule has 4 rings (SSSR count). The fraction of sp³-hybridized carbons (Fsp3) is 0.269. The molecule has 5 nitrogen and oxygen atoms in total. The summed E-state index contributed by atoms with van der Waals surface area (Å²) in [6.45, 7) is 3.51. The van der Waals surface area contributed by atoms with Crippen molar-refractivity contribution in [3.63, 3.8) is 0 Å².